The second-order valence-electron chi connectivity index (χ2n) is 2.51. The predicted octanol–water partition coefficient (Wildman–Crippen LogP) is 2.91. The fourth-order valence-electron chi connectivity index (χ4n) is 1.17. The predicted molar refractivity (Wildman–Crippen MR) is 53.1 cm³/mol. The molecule has 64 valence electrons. The van der Waals surface area contributed by atoms with E-state index in [0.29, 0.717) is 11.6 Å². The third-order valence-corrected chi connectivity index (χ3v) is 2.65. The van der Waals surface area contributed by atoms with Crippen LogP contribution in [-0.4, -0.2) is 13.2 Å². The van der Waals surface area contributed by atoms with Crippen LogP contribution in [0.15, 0.2) is 16.6 Å². The van der Waals surface area contributed by atoms with E-state index in [1.54, 1.807) is 0 Å². The summed E-state index contributed by atoms with van der Waals surface area (Å²) in [6.07, 6.45) is 0. The highest BCUT2D eigenvalue weighted by molar-refractivity contribution is 9.10. The van der Waals surface area contributed by atoms with E-state index in [0.717, 1.165) is 22.5 Å². The van der Waals surface area contributed by atoms with Crippen LogP contribution in [0.1, 0.15) is 0 Å². The number of fused-ring (bicyclic) bond motifs is 1. The van der Waals surface area contributed by atoms with Crippen LogP contribution in [0.4, 0.5) is 5.69 Å². The second kappa shape index (κ2) is 3.15. The molecule has 0 aromatic heterocycles. The fourth-order valence-corrected chi connectivity index (χ4v) is 1.83. The van der Waals surface area contributed by atoms with Crippen LogP contribution in [0, 0.1) is 0 Å². The first kappa shape index (κ1) is 8.20. The molecule has 0 saturated heterocycles. The largest absolute Gasteiger partial charge is 0.488 e. The minimum Gasteiger partial charge on any atom is -0.488 e. The van der Waals surface area contributed by atoms with Gasteiger partial charge in [-0.05, 0) is 28.1 Å². The Morgan fingerprint density at radius 3 is 3.08 bits per heavy atom. The summed E-state index contributed by atoms with van der Waals surface area (Å²) in [6.45, 7) is 1.50. The molecule has 1 aliphatic rings. The Morgan fingerprint density at radius 1 is 1.50 bits per heavy atom. The Bertz CT molecular complexity index is 285. The number of rotatable bonds is 0. The van der Waals surface area contributed by atoms with Gasteiger partial charge in [-0.25, -0.2) is 0 Å². The molecule has 2 rings (SSSR count). The van der Waals surface area contributed by atoms with Gasteiger partial charge in [-0.1, -0.05) is 11.6 Å². The quantitative estimate of drug-likeness (QED) is 0.762. The van der Waals surface area contributed by atoms with Crippen molar-refractivity contribution in [1.29, 1.82) is 0 Å². The number of anilines is 1. The van der Waals surface area contributed by atoms with Crippen LogP contribution in [0.3, 0.4) is 0 Å². The molecule has 0 saturated carbocycles. The van der Waals surface area contributed by atoms with Gasteiger partial charge in [0, 0.05) is 6.54 Å². The van der Waals surface area contributed by atoms with Crippen molar-refractivity contribution in [3.05, 3.63) is 21.6 Å². The molecular formula is C8H7BrClNO. The number of benzene rings is 1. The van der Waals surface area contributed by atoms with Crippen molar-refractivity contribution in [3.8, 4) is 5.75 Å². The lowest BCUT2D eigenvalue weighted by atomic mass is 10.2. The summed E-state index contributed by atoms with van der Waals surface area (Å²) in [4.78, 5) is 0. The van der Waals surface area contributed by atoms with E-state index >= 15 is 0 Å². The zero-order valence-electron chi connectivity index (χ0n) is 6.23. The van der Waals surface area contributed by atoms with E-state index in [-0.39, 0.29) is 0 Å². The first-order valence-electron chi connectivity index (χ1n) is 3.64. The minimum absolute atomic E-state index is 0.686. The molecular weight excluding hydrogens is 241 g/mol. The van der Waals surface area contributed by atoms with E-state index in [1.807, 2.05) is 12.1 Å². The van der Waals surface area contributed by atoms with Gasteiger partial charge in [0.25, 0.3) is 0 Å². The van der Waals surface area contributed by atoms with Crippen LogP contribution < -0.4 is 10.1 Å². The monoisotopic (exact) mass is 247 g/mol. The van der Waals surface area contributed by atoms with Crippen LogP contribution >= 0.6 is 27.5 Å². The van der Waals surface area contributed by atoms with Gasteiger partial charge in [-0.15, -0.1) is 0 Å². The maximum absolute atomic E-state index is 5.95. The average molecular weight is 249 g/mol. The molecule has 0 amide bonds. The summed E-state index contributed by atoms with van der Waals surface area (Å²) in [6, 6.07) is 3.72. The van der Waals surface area contributed by atoms with Crippen LogP contribution in [0.2, 0.25) is 5.02 Å². The first-order valence-corrected chi connectivity index (χ1v) is 4.81. The highest BCUT2D eigenvalue weighted by Gasteiger charge is 2.15. The molecule has 0 bridgehead atoms. The summed E-state index contributed by atoms with van der Waals surface area (Å²) < 4.78 is 6.38. The fraction of sp³-hybridized carbons (Fsp3) is 0.250. The maximum atomic E-state index is 5.95. The Balaban J connectivity index is 2.57. The summed E-state index contributed by atoms with van der Waals surface area (Å²) in [5.41, 5.74) is 0.886. The third-order valence-electron chi connectivity index (χ3n) is 1.71. The molecule has 0 spiro atoms. The molecule has 0 atom stereocenters. The smallest absolute Gasteiger partial charge is 0.158 e. The Kier molecular flexibility index (Phi) is 2.15. The van der Waals surface area contributed by atoms with Crippen molar-refractivity contribution in [2.24, 2.45) is 0 Å². The highest BCUT2D eigenvalue weighted by atomic mass is 79.9. The summed E-state index contributed by atoms with van der Waals surface area (Å²) >= 11 is 9.34. The molecule has 1 heterocycles. The molecule has 1 aliphatic heterocycles. The zero-order valence-corrected chi connectivity index (χ0v) is 8.58. The number of halogens is 2. The lowest BCUT2D eigenvalue weighted by Gasteiger charge is -2.20. The minimum atomic E-state index is 0.686. The third kappa shape index (κ3) is 1.27. The molecule has 4 heteroatoms. The van der Waals surface area contributed by atoms with Crippen molar-refractivity contribution < 1.29 is 4.74 Å². The normalized spacial score (nSPS) is 14.5. The molecule has 12 heavy (non-hydrogen) atoms. The standard InChI is InChI=1S/C8H7BrClNO/c9-5-1-2-6(10)7-8(5)12-4-3-11-7/h1-2,11H,3-4H2. The van der Waals surface area contributed by atoms with Crippen molar-refractivity contribution in [2.45, 2.75) is 0 Å². The zero-order chi connectivity index (χ0) is 8.55. The average Bonchev–Trinajstić information content (AvgIpc) is 2.12. The van der Waals surface area contributed by atoms with Gasteiger partial charge in [0.2, 0.25) is 0 Å². The van der Waals surface area contributed by atoms with Crippen LogP contribution in [0.5, 0.6) is 5.75 Å². The van der Waals surface area contributed by atoms with Gasteiger partial charge in [0.1, 0.15) is 6.61 Å². The van der Waals surface area contributed by atoms with E-state index in [2.05, 4.69) is 21.2 Å². The Labute approximate surface area is 84.0 Å². The van der Waals surface area contributed by atoms with Gasteiger partial charge < -0.3 is 10.1 Å². The number of hydrogen-bond acceptors (Lipinski definition) is 2. The summed E-state index contributed by atoms with van der Waals surface area (Å²) in [7, 11) is 0. The number of ether oxygens (including phenoxy) is 1. The molecule has 0 fully saturated rings. The van der Waals surface area contributed by atoms with Crippen molar-refractivity contribution in [3.63, 3.8) is 0 Å². The Hall–Kier alpha value is -0.410. The van der Waals surface area contributed by atoms with Crippen molar-refractivity contribution in [2.75, 3.05) is 18.5 Å². The lowest BCUT2D eigenvalue weighted by Crippen LogP contribution is -2.18. The van der Waals surface area contributed by atoms with Gasteiger partial charge >= 0.3 is 0 Å². The van der Waals surface area contributed by atoms with Crippen molar-refractivity contribution in [1.82, 2.24) is 0 Å². The van der Waals surface area contributed by atoms with Gasteiger partial charge in [0.15, 0.2) is 5.75 Å². The first-order chi connectivity index (χ1) is 5.79. The summed E-state index contributed by atoms with van der Waals surface area (Å²) in [5.74, 6) is 0.814. The van der Waals surface area contributed by atoms with Crippen LogP contribution in [-0.2, 0) is 0 Å². The molecule has 0 radical (unpaired) electrons. The SMILES string of the molecule is Clc1ccc(Br)c2c1NCCO2. The molecule has 0 unspecified atom stereocenters. The molecule has 2 nitrogen and oxygen atoms in total. The van der Waals surface area contributed by atoms with Crippen LogP contribution in [0.25, 0.3) is 0 Å². The van der Waals surface area contributed by atoms with Gasteiger partial charge in [0.05, 0.1) is 15.2 Å². The van der Waals surface area contributed by atoms with E-state index < -0.39 is 0 Å². The van der Waals surface area contributed by atoms with Gasteiger partial charge in [-0.2, -0.15) is 0 Å². The Morgan fingerprint density at radius 2 is 2.33 bits per heavy atom. The maximum Gasteiger partial charge on any atom is 0.158 e. The van der Waals surface area contributed by atoms with Crippen molar-refractivity contribution >= 4 is 33.2 Å². The molecule has 0 aliphatic carbocycles. The molecule has 1 aromatic rings. The number of nitrogens with one attached hydrogen (secondary N) is 1. The van der Waals surface area contributed by atoms with Gasteiger partial charge in [-0.3, -0.25) is 0 Å². The van der Waals surface area contributed by atoms with E-state index in [9.17, 15) is 0 Å². The molecule has 1 aromatic carbocycles. The lowest BCUT2D eigenvalue weighted by molar-refractivity contribution is 0.321. The second-order valence-corrected chi connectivity index (χ2v) is 3.77. The summed E-state index contributed by atoms with van der Waals surface area (Å²) in [5, 5.41) is 3.89. The van der Waals surface area contributed by atoms with E-state index in [1.165, 1.54) is 0 Å². The topological polar surface area (TPSA) is 21.3 Å². The van der Waals surface area contributed by atoms with E-state index in [4.69, 9.17) is 16.3 Å². The molecule has 1 N–H and O–H groups in total. The number of hydrogen-bond donors (Lipinski definition) is 1. The highest BCUT2D eigenvalue weighted by Crippen LogP contribution is 2.40.